The molecule has 0 radical (unpaired) electrons. The molecule has 0 unspecified atom stereocenters. The molecule has 6 heteroatoms. The number of alkyl halides is 3. The lowest BCUT2D eigenvalue weighted by Crippen LogP contribution is -2.23. The zero-order valence-electron chi connectivity index (χ0n) is 7.59. The highest BCUT2D eigenvalue weighted by atomic mass is 19.4. The summed E-state index contributed by atoms with van der Waals surface area (Å²) in [5.74, 6) is -0.546. The van der Waals surface area contributed by atoms with E-state index in [4.69, 9.17) is 5.73 Å². The Morgan fingerprint density at radius 1 is 1.33 bits per heavy atom. The van der Waals surface area contributed by atoms with Gasteiger partial charge in [-0.3, -0.25) is 4.74 Å². The predicted octanol–water partition coefficient (Wildman–Crippen LogP) is 2.36. The van der Waals surface area contributed by atoms with Crippen LogP contribution in [0.1, 0.15) is 11.6 Å². The zero-order valence-corrected chi connectivity index (χ0v) is 7.59. The van der Waals surface area contributed by atoms with Crippen molar-refractivity contribution in [1.82, 2.24) is 0 Å². The van der Waals surface area contributed by atoms with Crippen molar-refractivity contribution in [3.8, 4) is 0 Å². The van der Waals surface area contributed by atoms with Gasteiger partial charge < -0.3 is 5.73 Å². The van der Waals surface area contributed by atoms with Crippen LogP contribution in [-0.2, 0) is 4.74 Å². The van der Waals surface area contributed by atoms with Gasteiger partial charge in [-0.25, -0.2) is 4.39 Å². The summed E-state index contributed by atoms with van der Waals surface area (Å²) >= 11 is 0. The Morgan fingerprint density at radius 2 is 2.00 bits per heavy atom. The molecule has 2 N–H and O–H groups in total. The number of hydrogen-bond donors (Lipinski definition) is 1. The molecule has 0 aliphatic carbocycles. The first-order valence-electron chi connectivity index (χ1n) is 4.10. The number of rotatable bonds is 3. The van der Waals surface area contributed by atoms with Crippen LogP contribution in [0.4, 0.5) is 17.6 Å². The highest BCUT2D eigenvalue weighted by Crippen LogP contribution is 2.19. The molecule has 0 aliphatic heterocycles. The van der Waals surface area contributed by atoms with Gasteiger partial charge in [-0.1, -0.05) is 12.1 Å². The fourth-order valence-electron chi connectivity index (χ4n) is 1.02. The summed E-state index contributed by atoms with van der Waals surface area (Å²) in [4.78, 5) is 0. The monoisotopic (exact) mass is 223 g/mol. The van der Waals surface area contributed by atoms with Gasteiger partial charge >= 0.3 is 6.36 Å². The van der Waals surface area contributed by atoms with Crippen LogP contribution in [-0.4, -0.2) is 13.0 Å². The smallest absolute Gasteiger partial charge is 0.322 e. The van der Waals surface area contributed by atoms with Gasteiger partial charge in [-0.15, -0.1) is 13.2 Å². The average Bonchev–Trinajstić information content (AvgIpc) is 2.13. The fraction of sp³-hybridized carbons (Fsp3) is 0.333. The van der Waals surface area contributed by atoms with Crippen molar-refractivity contribution < 1.29 is 22.3 Å². The standard InChI is InChI=1S/C9H9F4NO/c10-7-3-1-2-6(4-7)8(14)5-15-9(11,12)13/h1-4,8H,5,14H2/t8-/m1/s1. The van der Waals surface area contributed by atoms with E-state index >= 15 is 0 Å². The molecule has 0 aromatic heterocycles. The largest absolute Gasteiger partial charge is 0.522 e. The molecule has 0 amide bonds. The normalized spacial score (nSPS) is 13.9. The van der Waals surface area contributed by atoms with Crippen LogP contribution in [0.25, 0.3) is 0 Å². The third-order valence-electron chi connectivity index (χ3n) is 1.70. The van der Waals surface area contributed by atoms with Gasteiger partial charge in [0.15, 0.2) is 0 Å². The van der Waals surface area contributed by atoms with Gasteiger partial charge in [0, 0.05) is 0 Å². The molecule has 15 heavy (non-hydrogen) atoms. The van der Waals surface area contributed by atoms with Crippen LogP contribution < -0.4 is 5.73 Å². The van der Waals surface area contributed by atoms with Crippen LogP contribution in [0.2, 0.25) is 0 Å². The molecule has 0 heterocycles. The number of halogens is 4. The average molecular weight is 223 g/mol. The molecule has 0 saturated carbocycles. The molecular formula is C9H9F4NO. The van der Waals surface area contributed by atoms with Crippen molar-refractivity contribution in [3.63, 3.8) is 0 Å². The van der Waals surface area contributed by atoms with E-state index in [0.717, 1.165) is 6.07 Å². The summed E-state index contributed by atoms with van der Waals surface area (Å²) in [6.45, 7) is -0.729. The van der Waals surface area contributed by atoms with Gasteiger partial charge in [-0.05, 0) is 17.7 Å². The SMILES string of the molecule is N[C@H](COC(F)(F)F)c1cccc(F)c1. The highest BCUT2D eigenvalue weighted by molar-refractivity contribution is 5.19. The lowest BCUT2D eigenvalue weighted by molar-refractivity contribution is -0.326. The quantitative estimate of drug-likeness (QED) is 0.798. The van der Waals surface area contributed by atoms with Gasteiger partial charge in [0.1, 0.15) is 5.82 Å². The van der Waals surface area contributed by atoms with Crippen molar-refractivity contribution in [2.24, 2.45) is 5.73 Å². The van der Waals surface area contributed by atoms with E-state index in [1.807, 2.05) is 0 Å². The predicted molar refractivity (Wildman–Crippen MR) is 45.3 cm³/mol. The highest BCUT2D eigenvalue weighted by Gasteiger charge is 2.30. The Bertz CT molecular complexity index is 326. The first kappa shape index (κ1) is 11.9. The van der Waals surface area contributed by atoms with E-state index < -0.39 is 24.8 Å². The summed E-state index contributed by atoms with van der Waals surface area (Å²) in [5, 5.41) is 0. The Labute approximate surface area is 83.6 Å². The van der Waals surface area contributed by atoms with Crippen molar-refractivity contribution >= 4 is 0 Å². The van der Waals surface area contributed by atoms with Gasteiger partial charge in [0.25, 0.3) is 0 Å². The molecule has 1 aromatic rings. The Hall–Kier alpha value is -1.14. The topological polar surface area (TPSA) is 35.2 Å². The Morgan fingerprint density at radius 3 is 2.53 bits per heavy atom. The molecule has 1 aromatic carbocycles. The Kier molecular flexibility index (Phi) is 3.65. The van der Waals surface area contributed by atoms with Crippen molar-refractivity contribution in [1.29, 1.82) is 0 Å². The summed E-state index contributed by atoms with van der Waals surface area (Å²) in [6.07, 6.45) is -4.72. The third-order valence-corrected chi connectivity index (χ3v) is 1.70. The second kappa shape index (κ2) is 4.59. The maximum atomic E-state index is 12.7. The first-order valence-corrected chi connectivity index (χ1v) is 4.10. The lowest BCUT2D eigenvalue weighted by Gasteiger charge is -2.13. The van der Waals surface area contributed by atoms with Crippen LogP contribution in [0.3, 0.4) is 0 Å². The van der Waals surface area contributed by atoms with E-state index in [1.165, 1.54) is 18.2 Å². The number of nitrogens with two attached hydrogens (primary N) is 1. The molecule has 0 aliphatic rings. The molecule has 0 bridgehead atoms. The second-order valence-corrected chi connectivity index (χ2v) is 2.92. The molecule has 1 rings (SSSR count). The maximum Gasteiger partial charge on any atom is 0.522 e. The molecular weight excluding hydrogens is 214 g/mol. The van der Waals surface area contributed by atoms with Crippen molar-refractivity contribution in [2.45, 2.75) is 12.4 Å². The maximum absolute atomic E-state index is 12.7. The van der Waals surface area contributed by atoms with Crippen LogP contribution >= 0.6 is 0 Å². The Balaban J connectivity index is 2.58. The molecule has 2 nitrogen and oxygen atoms in total. The minimum Gasteiger partial charge on any atom is -0.322 e. The molecule has 0 saturated heterocycles. The van der Waals surface area contributed by atoms with E-state index in [9.17, 15) is 17.6 Å². The zero-order chi connectivity index (χ0) is 11.5. The van der Waals surface area contributed by atoms with Crippen molar-refractivity contribution in [2.75, 3.05) is 6.61 Å². The van der Waals surface area contributed by atoms with Crippen LogP contribution in [0.15, 0.2) is 24.3 Å². The molecule has 0 fully saturated rings. The van der Waals surface area contributed by atoms with Crippen LogP contribution in [0, 0.1) is 5.82 Å². The molecule has 84 valence electrons. The minimum absolute atomic E-state index is 0.263. The second-order valence-electron chi connectivity index (χ2n) is 2.92. The minimum atomic E-state index is -4.72. The summed E-state index contributed by atoms with van der Waals surface area (Å²) in [7, 11) is 0. The third kappa shape index (κ3) is 4.26. The summed E-state index contributed by atoms with van der Waals surface area (Å²) in [6, 6.07) is 4.07. The fourth-order valence-corrected chi connectivity index (χ4v) is 1.02. The van der Waals surface area contributed by atoms with Crippen LogP contribution in [0.5, 0.6) is 0 Å². The van der Waals surface area contributed by atoms with Crippen molar-refractivity contribution in [3.05, 3.63) is 35.6 Å². The molecule has 1 atom stereocenters. The summed E-state index contributed by atoms with van der Waals surface area (Å²) < 4.78 is 51.2. The number of benzene rings is 1. The first-order chi connectivity index (χ1) is 6.88. The van der Waals surface area contributed by atoms with E-state index in [-0.39, 0.29) is 5.56 Å². The van der Waals surface area contributed by atoms with E-state index in [0.29, 0.717) is 0 Å². The molecule has 0 spiro atoms. The van der Waals surface area contributed by atoms with E-state index in [2.05, 4.69) is 4.74 Å². The van der Waals surface area contributed by atoms with Gasteiger partial charge in [0.05, 0.1) is 12.6 Å². The number of hydrogen-bond acceptors (Lipinski definition) is 2. The lowest BCUT2D eigenvalue weighted by atomic mass is 10.1. The van der Waals surface area contributed by atoms with E-state index in [1.54, 1.807) is 0 Å². The summed E-state index contributed by atoms with van der Waals surface area (Å²) in [5.41, 5.74) is 5.64. The van der Waals surface area contributed by atoms with Gasteiger partial charge in [-0.2, -0.15) is 0 Å². The van der Waals surface area contributed by atoms with Gasteiger partial charge in [0.2, 0.25) is 0 Å². The number of ether oxygens (including phenoxy) is 1.